The summed E-state index contributed by atoms with van der Waals surface area (Å²) in [5.41, 5.74) is 20.9. The first kappa shape index (κ1) is 49.9. The van der Waals surface area contributed by atoms with Gasteiger partial charge in [0.15, 0.2) is 5.96 Å². The number of rotatable bonds is 27. The fourth-order valence-corrected chi connectivity index (χ4v) is 4.49. The Balaban J connectivity index is 5.15. The first-order valence-corrected chi connectivity index (χ1v) is 17.4. The highest BCUT2D eigenvalue weighted by Crippen LogP contribution is 2.05. The van der Waals surface area contributed by atoms with Gasteiger partial charge in [0, 0.05) is 13.0 Å². The number of hydrogen-bond acceptors (Lipinski definition) is 13. The van der Waals surface area contributed by atoms with Crippen molar-refractivity contribution in [3.63, 3.8) is 0 Å². The molecular weight excluding hydrogens is 746 g/mol. The van der Waals surface area contributed by atoms with E-state index < -0.39 is 122 Å². The minimum Gasteiger partial charge on any atom is -0.480 e. The first-order valence-electron chi connectivity index (χ1n) is 17.4. The average molecular weight is 802 g/mol. The van der Waals surface area contributed by atoms with Crippen LogP contribution in [0.25, 0.3) is 0 Å². The van der Waals surface area contributed by atoms with Gasteiger partial charge in [-0.15, -0.1) is 0 Å². The second-order valence-corrected chi connectivity index (χ2v) is 12.7. The SMILES string of the molecule is CC(C)C[C@H](NC(=O)CN)C(=O)NCC(=O)N[C@@H](CO)C(=O)N[C@@H](CCC(N)=O)C(=O)NCC(=O)N[C@@H](C)C(=O)NCC(=O)N[C@@H](CCCN=C(N)N)C(=O)O. The van der Waals surface area contributed by atoms with Crippen LogP contribution in [0.4, 0.5) is 0 Å². The van der Waals surface area contributed by atoms with E-state index in [1.165, 1.54) is 6.92 Å². The molecule has 0 fully saturated rings. The fourth-order valence-electron chi connectivity index (χ4n) is 4.49. The minimum atomic E-state index is -1.64. The van der Waals surface area contributed by atoms with Crippen molar-refractivity contribution in [2.45, 2.75) is 83.1 Å². The predicted molar refractivity (Wildman–Crippen MR) is 196 cm³/mol. The maximum absolute atomic E-state index is 12.9. The van der Waals surface area contributed by atoms with Crippen LogP contribution in [-0.4, -0.2) is 145 Å². The zero-order valence-electron chi connectivity index (χ0n) is 31.5. The Labute approximate surface area is 322 Å². The lowest BCUT2D eigenvalue weighted by Gasteiger charge is -2.23. The highest BCUT2D eigenvalue weighted by molar-refractivity contribution is 5.96. The predicted octanol–water partition coefficient (Wildman–Crippen LogP) is -7.82. The third kappa shape index (κ3) is 22.2. The molecule has 0 bridgehead atoms. The molecule has 56 heavy (non-hydrogen) atoms. The summed E-state index contributed by atoms with van der Waals surface area (Å²) in [6, 6.07) is -6.66. The fraction of sp³-hybridized carbons (Fsp3) is 0.645. The second-order valence-electron chi connectivity index (χ2n) is 12.7. The number of carboxylic acids is 1. The van der Waals surface area contributed by atoms with Gasteiger partial charge in [0.05, 0.1) is 32.8 Å². The van der Waals surface area contributed by atoms with Crippen LogP contribution in [0.5, 0.6) is 0 Å². The van der Waals surface area contributed by atoms with Gasteiger partial charge in [0.2, 0.25) is 53.2 Å². The van der Waals surface area contributed by atoms with E-state index in [1.807, 2.05) is 0 Å². The van der Waals surface area contributed by atoms with E-state index >= 15 is 0 Å². The average Bonchev–Trinajstić information content (AvgIpc) is 3.12. The maximum Gasteiger partial charge on any atom is 0.326 e. The summed E-state index contributed by atoms with van der Waals surface area (Å²) in [6.45, 7) is 1.65. The molecule has 25 heteroatoms. The van der Waals surface area contributed by atoms with Crippen LogP contribution < -0.4 is 65.5 Å². The van der Waals surface area contributed by atoms with E-state index in [0.29, 0.717) is 0 Å². The highest BCUT2D eigenvalue weighted by atomic mass is 16.4. The van der Waals surface area contributed by atoms with E-state index in [2.05, 4.69) is 47.5 Å². The van der Waals surface area contributed by atoms with Crippen LogP contribution in [0.15, 0.2) is 4.99 Å². The van der Waals surface area contributed by atoms with Crippen LogP contribution in [0.2, 0.25) is 0 Å². The molecule has 5 atom stereocenters. The molecule has 0 radical (unpaired) electrons. The number of hydrogen-bond donors (Lipinski definition) is 14. The van der Waals surface area contributed by atoms with Crippen LogP contribution in [0.1, 0.15) is 52.9 Å². The number of aliphatic carboxylic acids is 1. The summed E-state index contributed by atoms with van der Waals surface area (Å²) >= 11 is 0. The monoisotopic (exact) mass is 801 g/mol. The Morgan fingerprint density at radius 2 is 1.11 bits per heavy atom. The molecule has 0 heterocycles. The van der Waals surface area contributed by atoms with Gasteiger partial charge in [-0.25, -0.2) is 4.79 Å². The number of nitrogens with one attached hydrogen (secondary N) is 8. The van der Waals surface area contributed by atoms with Gasteiger partial charge in [-0.2, -0.15) is 0 Å². The van der Waals surface area contributed by atoms with Crippen molar-refractivity contribution >= 4 is 65.1 Å². The van der Waals surface area contributed by atoms with Crippen molar-refractivity contribution in [2.24, 2.45) is 33.8 Å². The van der Waals surface area contributed by atoms with Gasteiger partial charge in [0.25, 0.3) is 0 Å². The summed E-state index contributed by atoms with van der Waals surface area (Å²) in [5.74, 6) is -9.20. The Hall–Kier alpha value is -6.11. The van der Waals surface area contributed by atoms with Gasteiger partial charge >= 0.3 is 5.97 Å². The Morgan fingerprint density at radius 3 is 1.59 bits per heavy atom. The molecule has 316 valence electrons. The topological polar surface area (TPSA) is 424 Å². The smallest absolute Gasteiger partial charge is 0.326 e. The van der Waals surface area contributed by atoms with Crippen molar-refractivity contribution in [3.8, 4) is 0 Å². The van der Waals surface area contributed by atoms with E-state index in [0.717, 1.165) is 0 Å². The van der Waals surface area contributed by atoms with Gasteiger partial charge in [-0.3, -0.25) is 48.1 Å². The van der Waals surface area contributed by atoms with Crippen molar-refractivity contribution < 1.29 is 58.2 Å². The lowest BCUT2D eigenvalue weighted by molar-refractivity contribution is -0.142. The van der Waals surface area contributed by atoms with Crippen molar-refractivity contribution in [3.05, 3.63) is 0 Å². The normalized spacial score (nSPS) is 13.2. The van der Waals surface area contributed by atoms with Crippen LogP contribution in [0, 0.1) is 5.92 Å². The molecule has 0 aliphatic rings. The van der Waals surface area contributed by atoms with Gasteiger partial charge in [-0.05, 0) is 38.5 Å². The highest BCUT2D eigenvalue weighted by Gasteiger charge is 2.28. The number of nitrogens with two attached hydrogens (primary N) is 4. The summed E-state index contributed by atoms with van der Waals surface area (Å²) in [4.78, 5) is 126. The van der Waals surface area contributed by atoms with Crippen molar-refractivity contribution in [2.75, 3.05) is 39.3 Å². The van der Waals surface area contributed by atoms with E-state index in [4.69, 9.17) is 22.9 Å². The summed E-state index contributed by atoms with van der Waals surface area (Å²) in [7, 11) is 0. The molecule has 18 N–H and O–H groups in total. The van der Waals surface area contributed by atoms with Gasteiger partial charge < -0.3 is 75.7 Å². The molecule has 25 nitrogen and oxygen atoms in total. The maximum atomic E-state index is 12.9. The number of nitrogens with zero attached hydrogens (tertiary/aromatic N) is 1. The number of carbonyl (C=O) groups is 10. The van der Waals surface area contributed by atoms with E-state index in [-0.39, 0.29) is 50.7 Å². The Kier molecular flexibility index (Phi) is 23.7. The number of primary amides is 1. The quantitative estimate of drug-likeness (QED) is 0.0208. The molecule has 0 saturated heterocycles. The zero-order chi connectivity index (χ0) is 43.0. The van der Waals surface area contributed by atoms with Crippen LogP contribution >= 0.6 is 0 Å². The standard InChI is InChI=1S/C31H55N13O12/c1-15(2)9-19(42-22(47)10-32)28(53)39-13-25(50)43-20(14-45)29(54)44-17(6-7-21(33)46)27(52)38-11-23(48)40-16(3)26(51)37-12-24(49)41-18(30(55)56)5-4-8-36-31(34)35/h15-20,45H,4-14,32H2,1-3H3,(H2,33,46)(H,37,51)(H,38,52)(H,39,53)(H,40,48)(H,41,49)(H,42,47)(H,43,50)(H,44,54)(H,55,56)(H4,34,35,36)/t16-,17-,18-,19-,20-/m0/s1. The summed E-state index contributed by atoms with van der Waals surface area (Å²) in [5, 5.41) is 37.2. The number of aliphatic hydroxyl groups is 1. The van der Waals surface area contributed by atoms with Crippen LogP contribution in [0.3, 0.4) is 0 Å². The molecule has 0 aromatic heterocycles. The number of aliphatic imine (C=N–C) groups is 1. The van der Waals surface area contributed by atoms with E-state index in [9.17, 15) is 58.2 Å². The molecule has 0 aromatic carbocycles. The molecule has 0 spiro atoms. The van der Waals surface area contributed by atoms with E-state index in [1.54, 1.807) is 13.8 Å². The third-order valence-corrected chi connectivity index (χ3v) is 7.31. The van der Waals surface area contributed by atoms with Crippen molar-refractivity contribution in [1.29, 1.82) is 0 Å². The Bertz CT molecular complexity index is 1440. The molecule has 0 aliphatic heterocycles. The molecule has 0 unspecified atom stereocenters. The van der Waals surface area contributed by atoms with Crippen molar-refractivity contribution in [1.82, 2.24) is 42.5 Å². The lowest BCUT2D eigenvalue weighted by Crippen LogP contribution is -2.57. The number of guanidine groups is 1. The minimum absolute atomic E-state index is 0.00404. The molecule has 9 amide bonds. The number of carbonyl (C=O) groups excluding carboxylic acids is 9. The third-order valence-electron chi connectivity index (χ3n) is 7.31. The number of aliphatic hydroxyl groups excluding tert-OH is 1. The number of amides is 9. The lowest BCUT2D eigenvalue weighted by atomic mass is 10.0. The number of carboxylic acid groups (broad SMARTS) is 1. The van der Waals surface area contributed by atoms with Gasteiger partial charge in [0.1, 0.15) is 30.2 Å². The summed E-state index contributed by atoms with van der Waals surface area (Å²) in [6.07, 6.45) is -0.294. The molecule has 0 aromatic rings. The molecule has 0 saturated carbocycles. The first-order chi connectivity index (χ1) is 26.2. The van der Waals surface area contributed by atoms with Crippen LogP contribution in [-0.2, 0) is 47.9 Å². The second kappa shape index (κ2) is 26.6. The summed E-state index contributed by atoms with van der Waals surface area (Å²) < 4.78 is 0. The molecule has 0 rings (SSSR count). The Morgan fingerprint density at radius 1 is 0.607 bits per heavy atom. The van der Waals surface area contributed by atoms with Gasteiger partial charge in [-0.1, -0.05) is 13.8 Å². The molecule has 0 aliphatic carbocycles. The zero-order valence-corrected chi connectivity index (χ0v) is 31.5. The largest absolute Gasteiger partial charge is 0.480 e. The molecular formula is C31H55N13O12.